The summed E-state index contributed by atoms with van der Waals surface area (Å²) in [4.78, 5) is 0. The SMILES string of the molecule is CCOCC1COC(C)(OCC)OC1. The van der Waals surface area contributed by atoms with Crippen LogP contribution in [0.5, 0.6) is 0 Å². The second kappa shape index (κ2) is 5.66. The van der Waals surface area contributed by atoms with E-state index >= 15 is 0 Å². The zero-order valence-electron chi connectivity index (χ0n) is 9.25. The Morgan fingerprint density at radius 2 is 1.86 bits per heavy atom. The number of hydrogen-bond acceptors (Lipinski definition) is 4. The molecule has 0 amide bonds. The van der Waals surface area contributed by atoms with Crippen LogP contribution in [-0.4, -0.2) is 39.0 Å². The molecule has 1 aliphatic heterocycles. The lowest BCUT2D eigenvalue weighted by Gasteiger charge is -2.36. The fourth-order valence-electron chi connectivity index (χ4n) is 1.35. The minimum absolute atomic E-state index is 0.323. The summed E-state index contributed by atoms with van der Waals surface area (Å²) in [7, 11) is 0. The molecule has 0 aromatic rings. The van der Waals surface area contributed by atoms with Gasteiger partial charge in [-0.15, -0.1) is 0 Å². The molecule has 0 spiro atoms. The molecule has 0 N–H and O–H groups in total. The third-order valence-corrected chi connectivity index (χ3v) is 2.13. The summed E-state index contributed by atoms with van der Waals surface area (Å²) in [6.07, 6.45) is 0. The Kier molecular flexibility index (Phi) is 4.81. The van der Waals surface area contributed by atoms with Gasteiger partial charge in [0.05, 0.1) is 19.8 Å². The Labute approximate surface area is 85.5 Å². The van der Waals surface area contributed by atoms with Gasteiger partial charge < -0.3 is 18.9 Å². The van der Waals surface area contributed by atoms with Crippen molar-refractivity contribution in [1.82, 2.24) is 0 Å². The summed E-state index contributed by atoms with van der Waals surface area (Å²) in [5.74, 6) is -0.527. The summed E-state index contributed by atoms with van der Waals surface area (Å²) >= 11 is 0. The maximum absolute atomic E-state index is 5.49. The van der Waals surface area contributed by atoms with Crippen LogP contribution in [0.4, 0.5) is 0 Å². The van der Waals surface area contributed by atoms with Crippen molar-refractivity contribution in [3.63, 3.8) is 0 Å². The molecule has 0 atom stereocenters. The van der Waals surface area contributed by atoms with Crippen LogP contribution >= 0.6 is 0 Å². The van der Waals surface area contributed by atoms with E-state index in [1.165, 1.54) is 0 Å². The molecule has 0 aromatic heterocycles. The van der Waals surface area contributed by atoms with Crippen molar-refractivity contribution in [3.05, 3.63) is 0 Å². The monoisotopic (exact) mass is 204 g/mol. The van der Waals surface area contributed by atoms with E-state index in [4.69, 9.17) is 18.9 Å². The molecule has 0 saturated carbocycles. The van der Waals surface area contributed by atoms with Crippen LogP contribution in [0.3, 0.4) is 0 Å². The van der Waals surface area contributed by atoms with Crippen LogP contribution in [0, 0.1) is 5.92 Å². The zero-order valence-corrected chi connectivity index (χ0v) is 9.25. The summed E-state index contributed by atoms with van der Waals surface area (Å²) in [6, 6.07) is 0. The van der Waals surface area contributed by atoms with Gasteiger partial charge in [-0.2, -0.15) is 0 Å². The first-order chi connectivity index (χ1) is 6.70. The normalized spacial score (nSPS) is 33.2. The lowest BCUT2D eigenvalue weighted by molar-refractivity contribution is -0.398. The molecule has 0 bridgehead atoms. The third kappa shape index (κ3) is 3.53. The summed E-state index contributed by atoms with van der Waals surface area (Å²) in [5, 5.41) is 0. The molecular formula is C10H20O4. The van der Waals surface area contributed by atoms with Gasteiger partial charge in [-0.25, -0.2) is 0 Å². The van der Waals surface area contributed by atoms with Gasteiger partial charge in [0.25, 0.3) is 5.97 Å². The van der Waals surface area contributed by atoms with Gasteiger partial charge in [-0.05, 0) is 13.8 Å². The zero-order chi connectivity index (χ0) is 10.4. The Bertz CT molecular complexity index is 152. The van der Waals surface area contributed by atoms with Crippen molar-refractivity contribution < 1.29 is 18.9 Å². The van der Waals surface area contributed by atoms with Crippen LogP contribution in [0.2, 0.25) is 0 Å². The van der Waals surface area contributed by atoms with Crippen molar-refractivity contribution in [2.24, 2.45) is 5.92 Å². The first-order valence-corrected chi connectivity index (χ1v) is 5.19. The van der Waals surface area contributed by atoms with Crippen molar-refractivity contribution >= 4 is 0 Å². The number of hydrogen-bond donors (Lipinski definition) is 0. The average Bonchev–Trinajstić information content (AvgIpc) is 2.17. The van der Waals surface area contributed by atoms with Crippen molar-refractivity contribution in [2.75, 3.05) is 33.0 Å². The molecule has 84 valence electrons. The maximum atomic E-state index is 5.49. The molecule has 14 heavy (non-hydrogen) atoms. The topological polar surface area (TPSA) is 36.9 Å². The summed E-state index contributed by atoms with van der Waals surface area (Å²) < 4.78 is 21.6. The fourth-order valence-corrected chi connectivity index (χ4v) is 1.35. The minimum Gasteiger partial charge on any atom is -0.381 e. The van der Waals surface area contributed by atoms with E-state index in [-0.39, 0.29) is 0 Å². The van der Waals surface area contributed by atoms with Gasteiger partial charge in [0.15, 0.2) is 0 Å². The van der Waals surface area contributed by atoms with Gasteiger partial charge in [0, 0.05) is 26.1 Å². The highest BCUT2D eigenvalue weighted by atomic mass is 16.9. The van der Waals surface area contributed by atoms with E-state index < -0.39 is 5.97 Å². The predicted octanol–water partition coefficient (Wildman–Crippen LogP) is 1.40. The van der Waals surface area contributed by atoms with Gasteiger partial charge in [-0.1, -0.05) is 0 Å². The molecular weight excluding hydrogens is 184 g/mol. The highest BCUT2D eigenvalue weighted by Gasteiger charge is 2.33. The van der Waals surface area contributed by atoms with E-state index in [0.29, 0.717) is 32.3 Å². The Balaban J connectivity index is 2.23. The molecule has 0 unspecified atom stereocenters. The predicted molar refractivity (Wildman–Crippen MR) is 51.9 cm³/mol. The second-order valence-corrected chi connectivity index (χ2v) is 3.44. The van der Waals surface area contributed by atoms with Crippen LogP contribution in [-0.2, 0) is 18.9 Å². The van der Waals surface area contributed by atoms with Gasteiger partial charge in [-0.3, -0.25) is 0 Å². The first-order valence-electron chi connectivity index (χ1n) is 5.19. The van der Waals surface area contributed by atoms with E-state index in [9.17, 15) is 0 Å². The molecule has 0 aromatic carbocycles. The Morgan fingerprint density at radius 1 is 1.21 bits per heavy atom. The maximum Gasteiger partial charge on any atom is 0.279 e. The van der Waals surface area contributed by atoms with E-state index in [0.717, 1.165) is 6.61 Å². The standard InChI is InChI=1S/C10H20O4/c1-4-11-6-9-7-13-10(3,12-5-2)14-8-9/h9H,4-8H2,1-3H3. The highest BCUT2D eigenvalue weighted by Crippen LogP contribution is 2.22. The molecule has 1 heterocycles. The number of rotatable bonds is 5. The van der Waals surface area contributed by atoms with E-state index in [2.05, 4.69) is 0 Å². The minimum atomic E-state index is -0.850. The second-order valence-electron chi connectivity index (χ2n) is 3.44. The van der Waals surface area contributed by atoms with Gasteiger partial charge >= 0.3 is 0 Å². The van der Waals surface area contributed by atoms with Crippen LogP contribution in [0.15, 0.2) is 0 Å². The third-order valence-electron chi connectivity index (χ3n) is 2.13. The van der Waals surface area contributed by atoms with E-state index in [1.54, 1.807) is 6.92 Å². The average molecular weight is 204 g/mol. The highest BCUT2D eigenvalue weighted by molar-refractivity contribution is 4.64. The number of ether oxygens (including phenoxy) is 4. The van der Waals surface area contributed by atoms with Crippen molar-refractivity contribution in [3.8, 4) is 0 Å². The van der Waals surface area contributed by atoms with Crippen LogP contribution < -0.4 is 0 Å². The summed E-state index contributed by atoms with van der Waals surface area (Å²) in [6.45, 7) is 8.99. The molecule has 0 radical (unpaired) electrons. The Morgan fingerprint density at radius 3 is 2.36 bits per heavy atom. The van der Waals surface area contributed by atoms with Crippen LogP contribution in [0.1, 0.15) is 20.8 Å². The molecule has 4 heteroatoms. The molecule has 1 saturated heterocycles. The van der Waals surface area contributed by atoms with Gasteiger partial charge in [0.2, 0.25) is 0 Å². The van der Waals surface area contributed by atoms with Crippen molar-refractivity contribution in [1.29, 1.82) is 0 Å². The lowest BCUT2D eigenvalue weighted by atomic mass is 10.2. The van der Waals surface area contributed by atoms with Crippen molar-refractivity contribution in [2.45, 2.75) is 26.7 Å². The van der Waals surface area contributed by atoms with Gasteiger partial charge in [0.1, 0.15) is 0 Å². The quantitative estimate of drug-likeness (QED) is 0.678. The lowest BCUT2D eigenvalue weighted by Crippen LogP contribution is -2.45. The summed E-state index contributed by atoms with van der Waals surface area (Å²) in [5.41, 5.74) is 0. The molecule has 1 aliphatic rings. The Hall–Kier alpha value is -0.160. The van der Waals surface area contributed by atoms with E-state index in [1.807, 2.05) is 13.8 Å². The molecule has 4 nitrogen and oxygen atoms in total. The smallest absolute Gasteiger partial charge is 0.279 e. The molecule has 1 fully saturated rings. The molecule has 0 aliphatic carbocycles. The first kappa shape index (κ1) is 11.9. The van der Waals surface area contributed by atoms with Crippen LogP contribution in [0.25, 0.3) is 0 Å². The molecule has 1 rings (SSSR count). The largest absolute Gasteiger partial charge is 0.381 e. The fraction of sp³-hybridized carbons (Fsp3) is 1.00.